The molecule has 1 atom stereocenters. The van der Waals surface area contributed by atoms with Crippen LogP contribution in [0.1, 0.15) is 11.5 Å². The van der Waals surface area contributed by atoms with E-state index in [4.69, 9.17) is 5.26 Å². The van der Waals surface area contributed by atoms with Crippen molar-refractivity contribution < 1.29 is 9.53 Å². The van der Waals surface area contributed by atoms with E-state index < -0.39 is 11.9 Å². The molecule has 0 saturated carbocycles. The van der Waals surface area contributed by atoms with E-state index in [1.54, 1.807) is 11.4 Å². The monoisotopic (exact) mass is 181 g/mol. The first-order chi connectivity index (χ1) is 5.79. The predicted octanol–water partition coefficient (Wildman–Crippen LogP) is 1.53. The molecule has 0 N–H and O–H groups in total. The van der Waals surface area contributed by atoms with Crippen molar-refractivity contribution in [3.8, 4) is 6.07 Å². The van der Waals surface area contributed by atoms with Crippen molar-refractivity contribution >= 4 is 17.3 Å². The summed E-state index contributed by atoms with van der Waals surface area (Å²) >= 11 is 1.45. The number of carbonyl (C=O) groups is 1. The van der Waals surface area contributed by atoms with E-state index in [-0.39, 0.29) is 0 Å². The van der Waals surface area contributed by atoms with Crippen LogP contribution in [0.5, 0.6) is 0 Å². The third-order valence-corrected chi connectivity index (χ3v) is 2.14. The topological polar surface area (TPSA) is 50.1 Å². The molecule has 0 spiro atoms. The fourth-order valence-electron chi connectivity index (χ4n) is 0.820. The zero-order valence-electron chi connectivity index (χ0n) is 6.48. The molecule has 0 saturated heterocycles. The van der Waals surface area contributed by atoms with Crippen LogP contribution in [0.3, 0.4) is 0 Å². The maximum absolute atomic E-state index is 11.0. The van der Waals surface area contributed by atoms with E-state index in [0.717, 1.165) is 0 Å². The van der Waals surface area contributed by atoms with Crippen molar-refractivity contribution in [1.82, 2.24) is 0 Å². The number of ether oxygens (including phenoxy) is 1. The van der Waals surface area contributed by atoms with Crippen LogP contribution in [0, 0.1) is 11.3 Å². The molecule has 0 radical (unpaired) electrons. The number of rotatable bonds is 2. The molecule has 1 aromatic heterocycles. The number of hydrogen-bond acceptors (Lipinski definition) is 4. The van der Waals surface area contributed by atoms with Gasteiger partial charge in [0.05, 0.1) is 13.2 Å². The molecular formula is C8H7NO2S. The van der Waals surface area contributed by atoms with Gasteiger partial charge in [-0.05, 0) is 22.4 Å². The second kappa shape index (κ2) is 3.88. The van der Waals surface area contributed by atoms with Gasteiger partial charge in [-0.3, -0.25) is 4.79 Å². The lowest BCUT2D eigenvalue weighted by Gasteiger charge is -2.02. The molecule has 0 aliphatic rings. The Morgan fingerprint density at radius 2 is 2.58 bits per heavy atom. The Morgan fingerprint density at radius 3 is 3.00 bits per heavy atom. The van der Waals surface area contributed by atoms with Gasteiger partial charge in [0.1, 0.15) is 0 Å². The summed E-state index contributed by atoms with van der Waals surface area (Å²) in [6.07, 6.45) is 0. The molecule has 0 fully saturated rings. The molecule has 62 valence electrons. The summed E-state index contributed by atoms with van der Waals surface area (Å²) in [7, 11) is 1.28. The number of nitriles is 1. The van der Waals surface area contributed by atoms with Crippen LogP contribution in [-0.4, -0.2) is 13.1 Å². The van der Waals surface area contributed by atoms with Crippen LogP contribution in [0.2, 0.25) is 0 Å². The Balaban J connectivity index is 2.86. The quantitative estimate of drug-likeness (QED) is 0.650. The summed E-state index contributed by atoms with van der Waals surface area (Å²) in [4.78, 5) is 11.0. The van der Waals surface area contributed by atoms with Crippen molar-refractivity contribution in [3.63, 3.8) is 0 Å². The molecule has 4 heteroatoms. The van der Waals surface area contributed by atoms with E-state index in [1.807, 2.05) is 11.4 Å². The van der Waals surface area contributed by atoms with Crippen LogP contribution < -0.4 is 0 Å². The molecule has 1 aromatic rings. The smallest absolute Gasteiger partial charge is 0.327 e. The van der Waals surface area contributed by atoms with E-state index in [0.29, 0.717) is 5.56 Å². The first-order valence-electron chi connectivity index (χ1n) is 3.29. The first-order valence-corrected chi connectivity index (χ1v) is 4.23. The van der Waals surface area contributed by atoms with Gasteiger partial charge < -0.3 is 4.74 Å². The highest BCUT2D eigenvalue weighted by Crippen LogP contribution is 2.18. The fourth-order valence-corrected chi connectivity index (χ4v) is 1.51. The average Bonchev–Trinajstić information content (AvgIpc) is 2.58. The van der Waals surface area contributed by atoms with Gasteiger partial charge in [0.2, 0.25) is 0 Å². The zero-order chi connectivity index (χ0) is 8.97. The third-order valence-electron chi connectivity index (χ3n) is 1.44. The Kier molecular flexibility index (Phi) is 2.83. The number of thiophene rings is 1. The van der Waals surface area contributed by atoms with Crippen LogP contribution in [0.4, 0.5) is 0 Å². The van der Waals surface area contributed by atoms with Gasteiger partial charge in [0, 0.05) is 0 Å². The lowest BCUT2D eigenvalue weighted by molar-refractivity contribution is -0.140. The molecule has 3 nitrogen and oxygen atoms in total. The summed E-state index contributed by atoms with van der Waals surface area (Å²) < 4.78 is 4.47. The predicted molar refractivity (Wildman–Crippen MR) is 44.7 cm³/mol. The lowest BCUT2D eigenvalue weighted by atomic mass is 10.1. The normalized spacial score (nSPS) is 11.7. The van der Waals surface area contributed by atoms with Crippen LogP contribution in [-0.2, 0) is 9.53 Å². The standard InChI is InChI=1S/C8H7NO2S/c1-11-8(10)7(4-9)6-2-3-12-5-6/h2-3,5,7H,1H3. The Bertz CT molecular complexity index is 299. The largest absolute Gasteiger partial charge is 0.468 e. The average molecular weight is 181 g/mol. The summed E-state index contributed by atoms with van der Waals surface area (Å²) in [5.74, 6) is -1.28. The highest BCUT2D eigenvalue weighted by Gasteiger charge is 2.20. The highest BCUT2D eigenvalue weighted by molar-refractivity contribution is 7.08. The molecular weight excluding hydrogens is 174 g/mol. The van der Waals surface area contributed by atoms with Crippen molar-refractivity contribution in [2.45, 2.75) is 5.92 Å². The van der Waals surface area contributed by atoms with Crippen LogP contribution in [0.25, 0.3) is 0 Å². The maximum Gasteiger partial charge on any atom is 0.327 e. The van der Waals surface area contributed by atoms with Crippen molar-refractivity contribution in [3.05, 3.63) is 22.4 Å². The molecule has 0 aliphatic carbocycles. The fraction of sp³-hybridized carbons (Fsp3) is 0.250. The van der Waals surface area contributed by atoms with Crippen LogP contribution in [0.15, 0.2) is 16.8 Å². The van der Waals surface area contributed by atoms with Crippen LogP contribution >= 0.6 is 11.3 Å². The molecule has 12 heavy (non-hydrogen) atoms. The van der Waals surface area contributed by atoms with Gasteiger partial charge in [-0.1, -0.05) is 0 Å². The van der Waals surface area contributed by atoms with Crippen molar-refractivity contribution in [2.24, 2.45) is 0 Å². The molecule has 0 aliphatic heterocycles. The van der Waals surface area contributed by atoms with Gasteiger partial charge in [0.15, 0.2) is 5.92 Å². The minimum absolute atomic E-state index is 0.504. The van der Waals surface area contributed by atoms with E-state index in [9.17, 15) is 4.79 Å². The molecule has 0 amide bonds. The van der Waals surface area contributed by atoms with E-state index >= 15 is 0 Å². The first kappa shape index (κ1) is 8.75. The number of nitrogens with zero attached hydrogens (tertiary/aromatic N) is 1. The SMILES string of the molecule is COC(=O)C(C#N)c1ccsc1. The zero-order valence-corrected chi connectivity index (χ0v) is 7.30. The van der Waals surface area contributed by atoms with E-state index in [1.165, 1.54) is 18.4 Å². The Hall–Kier alpha value is -1.34. The van der Waals surface area contributed by atoms with Gasteiger partial charge in [-0.25, -0.2) is 0 Å². The summed E-state index contributed by atoms with van der Waals surface area (Å²) in [5.41, 5.74) is 0.703. The Morgan fingerprint density at radius 1 is 1.83 bits per heavy atom. The maximum atomic E-state index is 11.0. The lowest BCUT2D eigenvalue weighted by Crippen LogP contribution is -2.11. The molecule has 0 bridgehead atoms. The number of methoxy groups -OCH3 is 1. The summed E-state index contributed by atoms with van der Waals surface area (Å²) in [6, 6.07) is 3.63. The van der Waals surface area contributed by atoms with E-state index in [2.05, 4.69) is 4.74 Å². The van der Waals surface area contributed by atoms with Gasteiger partial charge in [-0.15, -0.1) is 0 Å². The van der Waals surface area contributed by atoms with Crippen molar-refractivity contribution in [2.75, 3.05) is 7.11 Å². The third kappa shape index (κ3) is 1.63. The molecule has 1 rings (SSSR count). The highest BCUT2D eigenvalue weighted by atomic mass is 32.1. The van der Waals surface area contributed by atoms with Gasteiger partial charge in [-0.2, -0.15) is 16.6 Å². The minimum atomic E-state index is -0.777. The van der Waals surface area contributed by atoms with Gasteiger partial charge >= 0.3 is 5.97 Å². The summed E-state index contributed by atoms with van der Waals surface area (Å²) in [5, 5.41) is 12.2. The summed E-state index contributed by atoms with van der Waals surface area (Å²) in [6.45, 7) is 0. The molecule has 1 unspecified atom stereocenters. The second-order valence-corrected chi connectivity index (χ2v) is 2.92. The van der Waals surface area contributed by atoms with Crippen molar-refractivity contribution in [1.29, 1.82) is 5.26 Å². The minimum Gasteiger partial charge on any atom is -0.468 e. The molecule has 0 aromatic carbocycles. The van der Waals surface area contributed by atoms with Gasteiger partial charge in [0.25, 0.3) is 0 Å². The second-order valence-electron chi connectivity index (χ2n) is 2.14. The Labute approximate surface area is 74.2 Å². The number of esters is 1. The number of carbonyl (C=O) groups excluding carboxylic acids is 1. The number of hydrogen-bond donors (Lipinski definition) is 0. The molecule has 1 heterocycles.